The topological polar surface area (TPSA) is 107 Å². The third-order valence-electron chi connectivity index (χ3n) is 5.84. The smallest absolute Gasteiger partial charge is 0.475 e. The maximum atomic E-state index is 13.2. The predicted octanol–water partition coefficient (Wildman–Crippen LogP) is 2.64. The minimum Gasteiger partial charge on any atom is -0.475 e. The molecule has 0 aromatic heterocycles. The molecule has 1 aliphatic heterocycles. The number of carbonyl (C=O) groups excluding carboxylic acids is 1. The number of halogens is 3. The zero-order valence-electron chi connectivity index (χ0n) is 19.2. The summed E-state index contributed by atoms with van der Waals surface area (Å²) in [5.74, 6) is -2.80. The first-order valence-electron chi connectivity index (χ1n) is 11.3. The summed E-state index contributed by atoms with van der Waals surface area (Å²) in [6.07, 6.45) is 0.248. The highest BCUT2D eigenvalue weighted by molar-refractivity contribution is 7.89. The lowest BCUT2D eigenvalue weighted by molar-refractivity contribution is -0.192. The third kappa shape index (κ3) is 8.55. The molecule has 8 nitrogen and oxygen atoms in total. The van der Waals surface area contributed by atoms with Crippen LogP contribution in [0.15, 0.2) is 24.3 Å². The van der Waals surface area contributed by atoms with Crippen molar-refractivity contribution < 1.29 is 36.3 Å². The van der Waals surface area contributed by atoms with Crippen molar-refractivity contribution in [2.45, 2.75) is 51.2 Å². The van der Waals surface area contributed by atoms with E-state index in [9.17, 15) is 26.4 Å². The Bertz CT molecular complexity index is 928. The number of rotatable bonds is 6. The lowest BCUT2D eigenvalue weighted by atomic mass is 9.93. The molecule has 1 saturated carbocycles. The van der Waals surface area contributed by atoms with Crippen molar-refractivity contribution in [3.63, 3.8) is 0 Å². The molecule has 0 spiro atoms. The van der Waals surface area contributed by atoms with E-state index < -0.39 is 22.2 Å². The molecule has 2 aliphatic rings. The van der Waals surface area contributed by atoms with Crippen molar-refractivity contribution in [3.8, 4) is 0 Å². The van der Waals surface area contributed by atoms with Crippen LogP contribution in [0.2, 0.25) is 0 Å². The molecule has 0 unspecified atom stereocenters. The highest BCUT2D eigenvalue weighted by atomic mass is 32.2. The van der Waals surface area contributed by atoms with E-state index in [1.807, 2.05) is 36.1 Å². The molecule has 0 bridgehead atoms. The number of aliphatic carboxylic acids is 1. The summed E-state index contributed by atoms with van der Waals surface area (Å²) in [5.41, 5.74) is 1.69. The molecule has 1 aromatic rings. The van der Waals surface area contributed by atoms with Crippen LogP contribution >= 0.6 is 0 Å². The molecule has 1 saturated heterocycles. The maximum Gasteiger partial charge on any atom is 0.490 e. The van der Waals surface area contributed by atoms with Gasteiger partial charge < -0.3 is 15.3 Å². The summed E-state index contributed by atoms with van der Waals surface area (Å²) < 4.78 is 58.8. The molecule has 192 valence electrons. The van der Waals surface area contributed by atoms with E-state index in [0.29, 0.717) is 31.7 Å². The third-order valence-corrected chi connectivity index (χ3v) is 7.69. The zero-order valence-corrected chi connectivity index (χ0v) is 20.0. The first kappa shape index (κ1) is 28.1. The van der Waals surface area contributed by atoms with Gasteiger partial charge in [0.1, 0.15) is 0 Å². The fourth-order valence-corrected chi connectivity index (χ4v) is 5.48. The average molecular weight is 508 g/mol. The molecule has 34 heavy (non-hydrogen) atoms. The molecular formula is C22H32F3N3O5S. The van der Waals surface area contributed by atoms with E-state index in [1.165, 1.54) is 6.42 Å². The van der Waals surface area contributed by atoms with Gasteiger partial charge in [0, 0.05) is 44.3 Å². The van der Waals surface area contributed by atoms with E-state index >= 15 is 0 Å². The average Bonchev–Trinajstić information content (AvgIpc) is 2.80. The number of hydrogen-bond donors (Lipinski definition) is 2. The molecule has 2 fully saturated rings. The quantitative estimate of drug-likeness (QED) is 0.613. The molecular weight excluding hydrogens is 475 g/mol. The second kappa shape index (κ2) is 12.5. The van der Waals surface area contributed by atoms with Gasteiger partial charge in [-0.1, -0.05) is 37.0 Å². The Morgan fingerprint density at radius 1 is 1.15 bits per heavy atom. The molecule has 1 heterocycles. The summed E-state index contributed by atoms with van der Waals surface area (Å²) in [6.45, 7) is 4.64. The fraction of sp³-hybridized carbons (Fsp3) is 0.636. The summed E-state index contributed by atoms with van der Waals surface area (Å²) >= 11 is 0. The Hall–Kier alpha value is -2.18. The molecule has 3 rings (SSSR count). The number of aryl methyl sites for hydroxylation is 1. The number of hydrogen-bond acceptors (Lipinski definition) is 5. The molecule has 1 aliphatic carbocycles. The van der Waals surface area contributed by atoms with Gasteiger partial charge in [-0.3, -0.25) is 4.79 Å². The van der Waals surface area contributed by atoms with Gasteiger partial charge >= 0.3 is 12.1 Å². The number of nitrogens with zero attached hydrogens (tertiary/aromatic N) is 2. The van der Waals surface area contributed by atoms with Crippen LogP contribution in [0.25, 0.3) is 0 Å². The minimum atomic E-state index is -5.08. The second-order valence-corrected chi connectivity index (χ2v) is 10.5. The van der Waals surface area contributed by atoms with Crippen LogP contribution in [0, 0.1) is 6.92 Å². The van der Waals surface area contributed by atoms with E-state index in [0.717, 1.165) is 31.2 Å². The van der Waals surface area contributed by atoms with Crippen molar-refractivity contribution >= 4 is 21.9 Å². The standard InChI is InChI=1S/C20H31N3O3S.C2HF3O2/c1-17-6-5-7-18(16-17)20(24)23(19-8-3-2-4-9-19)14-15-27(25,26)22-12-10-21-11-13-22;3-2(4,5)1(6)7/h5-7,16,19,21H,2-4,8-15H2,1H3;(H,6,7). The number of carboxylic acids is 1. The summed E-state index contributed by atoms with van der Waals surface area (Å²) in [5, 5.41) is 10.3. The van der Waals surface area contributed by atoms with Crippen LogP contribution < -0.4 is 5.32 Å². The first-order chi connectivity index (χ1) is 15.9. The number of benzene rings is 1. The first-order valence-corrected chi connectivity index (χ1v) is 12.9. The molecule has 12 heteroatoms. The number of piperazine rings is 1. The molecule has 0 atom stereocenters. The zero-order chi connectivity index (χ0) is 25.4. The van der Waals surface area contributed by atoms with Gasteiger partial charge in [0.2, 0.25) is 10.0 Å². The van der Waals surface area contributed by atoms with Crippen LogP contribution in [0.5, 0.6) is 0 Å². The summed E-state index contributed by atoms with van der Waals surface area (Å²) in [7, 11) is -3.34. The number of sulfonamides is 1. The molecule has 1 aromatic carbocycles. The van der Waals surface area contributed by atoms with Gasteiger partial charge in [-0.2, -0.15) is 17.5 Å². The molecule has 2 N–H and O–H groups in total. The van der Waals surface area contributed by atoms with Crippen molar-refractivity contribution in [2.75, 3.05) is 38.5 Å². The van der Waals surface area contributed by atoms with Crippen molar-refractivity contribution in [1.82, 2.24) is 14.5 Å². The van der Waals surface area contributed by atoms with E-state index in [4.69, 9.17) is 9.90 Å². The Labute approximate surface area is 198 Å². The molecule has 0 radical (unpaired) electrons. The number of nitrogens with one attached hydrogen (secondary N) is 1. The highest BCUT2D eigenvalue weighted by Crippen LogP contribution is 2.24. The monoisotopic (exact) mass is 507 g/mol. The Balaban J connectivity index is 0.000000509. The molecule has 1 amide bonds. The largest absolute Gasteiger partial charge is 0.490 e. The second-order valence-electron chi connectivity index (χ2n) is 8.43. The normalized spacial score (nSPS) is 18.0. The number of carbonyl (C=O) groups is 2. The van der Waals surface area contributed by atoms with Gasteiger partial charge in [-0.25, -0.2) is 13.2 Å². The summed E-state index contributed by atoms with van der Waals surface area (Å²) in [4.78, 5) is 23.9. The number of alkyl halides is 3. The van der Waals surface area contributed by atoms with Gasteiger partial charge in [0.25, 0.3) is 5.91 Å². The number of amides is 1. The summed E-state index contributed by atoms with van der Waals surface area (Å²) in [6, 6.07) is 7.72. The van der Waals surface area contributed by atoms with E-state index in [1.54, 1.807) is 4.31 Å². The van der Waals surface area contributed by atoms with Crippen molar-refractivity contribution in [2.24, 2.45) is 0 Å². The minimum absolute atomic E-state index is 0.00105. The van der Waals surface area contributed by atoms with Crippen LogP contribution in [-0.2, 0) is 14.8 Å². The Kier molecular flexibility index (Phi) is 10.3. The SMILES string of the molecule is Cc1cccc(C(=O)N(CCS(=O)(=O)N2CCNCC2)C2CCCCC2)c1.O=C(O)C(F)(F)F. The van der Waals surface area contributed by atoms with E-state index in [2.05, 4.69) is 5.32 Å². The van der Waals surface area contributed by atoms with Gasteiger partial charge in [-0.05, 0) is 31.9 Å². The highest BCUT2D eigenvalue weighted by Gasteiger charge is 2.38. The van der Waals surface area contributed by atoms with Gasteiger partial charge in [0.05, 0.1) is 5.75 Å². The lowest BCUT2D eigenvalue weighted by Gasteiger charge is -2.35. The van der Waals surface area contributed by atoms with Crippen LogP contribution in [0.1, 0.15) is 48.0 Å². The van der Waals surface area contributed by atoms with Crippen molar-refractivity contribution in [1.29, 1.82) is 0 Å². The lowest BCUT2D eigenvalue weighted by Crippen LogP contribution is -2.49. The van der Waals surface area contributed by atoms with Gasteiger partial charge in [-0.15, -0.1) is 0 Å². The predicted molar refractivity (Wildman–Crippen MR) is 121 cm³/mol. The van der Waals surface area contributed by atoms with E-state index in [-0.39, 0.29) is 24.2 Å². The Morgan fingerprint density at radius 2 is 1.74 bits per heavy atom. The van der Waals surface area contributed by atoms with Crippen LogP contribution in [0.4, 0.5) is 13.2 Å². The fourth-order valence-electron chi connectivity index (χ4n) is 4.05. The van der Waals surface area contributed by atoms with Crippen LogP contribution in [-0.4, -0.2) is 85.3 Å². The Morgan fingerprint density at radius 3 is 2.26 bits per heavy atom. The van der Waals surface area contributed by atoms with Gasteiger partial charge in [0.15, 0.2) is 0 Å². The maximum absolute atomic E-state index is 13.2. The number of carboxylic acid groups (broad SMARTS) is 1. The van der Waals surface area contributed by atoms with Crippen LogP contribution in [0.3, 0.4) is 0 Å². The van der Waals surface area contributed by atoms with Crippen molar-refractivity contribution in [3.05, 3.63) is 35.4 Å².